The predicted octanol–water partition coefficient (Wildman–Crippen LogP) is 8.38. The van der Waals surface area contributed by atoms with E-state index in [0.29, 0.717) is 24.8 Å². The van der Waals surface area contributed by atoms with Crippen molar-refractivity contribution in [1.82, 2.24) is 4.98 Å². The van der Waals surface area contributed by atoms with Gasteiger partial charge in [-0.15, -0.1) is 0 Å². The number of aromatic nitrogens is 1. The lowest BCUT2D eigenvalue weighted by Crippen LogP contribution is -2.07. The van der Waals surface area contributed by atoms with Crippen LogP contribution in [0.25, 0.3) is 11.3 Å². The Morgan fingerprint density at radius 2 is 1.58 bits per heavy atom. The summed E-state index contributed by atoms with van der Waals surface area (Å²) in [4.78, 5) is 4.03. The minimum Gasteiger partial charge on any atom is -0.491 e. The molecule has 33 heavy (non-hydrogen) atoms. The molecule has 3 nitrogen and oxygen atoms in total. The van der Waals surface area contributed by atoms with Crippen molar-refractivity contribution in [3.05, 3.63) is 47.9 Å². The maximum absolute atomic E-state index is 14.6. The zero-order valence-corrected chi connectivity index (χ0v) is 20.2. The van der Waals surface area contributed by atoms with Gasteiger partial charge in [0, 0.05) is 11.1 Å². The van der Waals surface area contributed by atoms with Crippen LogP contribution in [0.15, 0.2) is 36.4 Å². The number of pyridine rings is 1. The molecule has 0 spiro atoms. The monoisotopic (exact) mass is 459 g/mol. The first kappa shape index (κ1) is 25.6. The molecule has 1 aromatic carbocycles. The van der Waals surface area contributed by atoms with Crippen LogP contribution in [-0.4, -0.2) is 23.8 Å². The first-order valence-electron chi connectivity index (χ1n) is 12.8. The zero-order valence-electron chi connectivity index (χ0n) is 20.2. The summed E-state index contributed by atoms with van der Waals surface area (Å²) < 4.78 is 40.5. The van der Waals surface area contributed by atoms with Gasteiger partial charge < -0.3 is 9.47 Å². The Labute approximate surface area is 197 Å². The number of benzene rings is 1. The average molecular weight is 460 g/mol. The molecular weight excluding hydrogens is 420 g/mol. The van der Waals surface area contributed by atoms with Crippen LogP contribution in [0.2, 0.25) is 0 Å². The van der Waals surface area contributed by atoms with E-state index in [2.05, 4.69) is 18.8 Å². The highest BCUT2D eigenvalue weighted by molar-refractivity contribution is 5.60. The van der Waals surface area contributed by atoms with Crippen molar-refractivity contribution < 1.29 is 18.3 Å². The summed E-state index contributed by atoms with van der Waals surface area (Å²) >= 11 is 0. The normalized spacial score (nSPS) is 18.3. The third kappa shape index (κ3) is 8.37. The quantitative estimate of drug-likeness (QED) is 0.144. The maximum atomic E-state index is 14.6. The molecule has 0 aliphatic carbocycles. The topological polar surface area (TPSA) is 34.6 Å². The van der Waals surface area contributed by atoms with Crippen LogP contribution in [0.4, 0.5) is 8.78 Å². The van der Waals surface area contributed by atoms with E-state index in [9.17, 15) is 8.78 Å². The van der Waals surface area contributed by atoms with E-state index in [1.165, 1.54) is 44.6 Å². The molecule has 0 radical (unpaired) electrons. The van der Waals surface area contributed by atoms with Crippen molar-refractivity contribution in [2.45, 2.75) is 103 Å². The molecule has 1 fully saturated rings. The van der Waals surface area contributed by atoms with Crippen molar-refractivity contribution >= 4 is 0 Å². The van der Waals surface area contributed by atoms with Gasteiger partial charge in [-0.3, -0.25) is 0 Å². The van der Waals surface area contributed by atoms with Crippen molar-refractivity contribution in [3.63, 3.8) is 0 Å². The van der Waals surface area contributed by atoms with Gasteiger partial charge in [0.05, 0.1) is 11.8 Å². The van der Waals surface area contributed by atoms with Crippen molar-refractivity contribution in [2.75, 3.05) is 6.61 Å². The van der Waals surface area contributed by atoms with E-state index in [4.69, 9.17) is 9.47 Å². The fraction of sp³-hybridized carbons (Fsp3) is 0.607. The Morgan fingerprint density at radius 3 is 2.27 bits per heavy atom. The Hall–Kier alpha value is -2.01. The Bertz CT molecular complexity index is 827. The molecule has 2 heterocycles. The summed E-state index contributed by atoms with van der Waals surface area (Å²) in [5.74, 6) is 0.0337. The minimum atomic E-state index is -1.30. The molecule has 1 aliphatic rings. The van der Waals surface area contributed by atoms with Crippen molar-refractivity contribution in [2.24, 2.45) is 0 Å². The number of epoxide rings is 1. The van der Waals surface area contributed by atoms with Crippen LogP contribution < -0.4 is 4.74 Å². The van der Waals surface area contributed by atoms with Gasteiger partial charge >= 0.3 is 0 Å². The molecule has 1 unspecified atom stereocenters. The van der Waals surface area contributed by atoms with Gasteiger partial charge in [0.15, 0.2) is 0 Å². The Morgan fingerprint density at radius 1 is 0.879 bits per heavy atom. The number of ether oxygens (including phenoxy) is 2. The van der Waals surface area contributed by atoms with Crippen LogP contribution in [0.3, 0.4) is 0 Å². The number of rotatable bonds is 16. The third-order valence-corrected chi connectivity index (χ3v) is 6.37. The number of hydrogen-bond acceptors (Lipinski definition) is 3. The first-order chi connectivity index (χ1) is 16.1. The van der Waals surface area contributed by atoms with Gasteiger partial charge in [0.2, 0.25) is 5.95 Å². The number of nitrogens with zero attached hydrogens (tertiary/aromatic N) is 1. The lowest BCUT2D eigenvalue weighted by atomic mass is 10.0. The van der Waals surface area contributed by atoms with Crippen LogP contribution in [0.5, 0.6) is 5.75 Å². The van der Waals surface area contributed by atoms with E-state index < -0.39 is 12.1 Å². The molecule has 3 atom stereocenters. The van der Waals surface area contributed by atoms with Gasteiger partial charge in [-0.25, -0.2) is 9.37 Å². The van der Waals surface area contributed by atoms with Crippen LogP contribution >= 0.6 is 0 Å². The summed E-state index contributed by atoms with van der Waals surface area (Å²) in [5.41, 5.74) is 1.33. The number of halogens is 2. The summed E-state index contributed by atoms with van der Waals surface area (Å²) in [6.07, 6.45) is 10.9. The number of hydrogen-bond donors (Lipinski definition) is 0. The second-order valence-corrected chi connectivity index (χ2v) is 9.14. The molecule has 0 bridgehead atoms. The zero-order chi connectivity index (χ0) is 23.5. The lowest BCUT2D eigenvalue weighted by Gasteiger charge is -2.11. The van der Waals surface area contributed by atoms with Gasteiger partial charge in [0.1, 0.15) is 24.6 Å². The molecule has 1 saturated heterocycles. The van der Waals surface area contributed by atoms with Gasteiger partial charge in [0.25, 0.3) is 0 Å². The molecular formula is C28H39F2NO2. The fourth-order valence-corrected chi connectivity index (χ4v) is 4.16. The predicted molar refractivity (Wildman–Crippen MR) is 130 cm³/mol. The fourth-order valence-electron chi connectivity index (χ4n) is 4.16. The van der Waals surface area contributed by atoms with Crippen LogP contribution in [0.1, 0.15) is 96.2 Å². The second-order valence-electron chi connectivity index (χ2n) is 9.14. The molecule has 1 aliphatic heterocycles. The molecule has 0 amide bonds. The standard InChI is InChI=1S/C28H39F2NO2/c1-3-5-7-8-9-10-11-12-24(29)23-18-19-25(31-28(23)30)21-14-16-22(17-15-21)32-20-27-26(33-27)13-6-4-2/h14-19,24,26-27H,3-13,20H2,1-2H3/t24?,26-,27-/m1/s1. The number of unbranched alkanes of at least 4 members (excludes halogenated alkanes) is 7. The molecule has 2 aromatic rings. The molecule has 182 valence electrons. The third-order valence-electron chi connectivity index (χ3n) is 6.37. The Balaban J connectivity index is 1.44. The van der Waals surface area contributed by atoms with Gasteiger partial charge in [-0.1, -0.05) is 71.6 Å². The van der Waals surface area contributed by atoms with E-state index >= 15 is 0 Å². The van der Waals surface area contributed by atoms with Crippen LogP contribution in [-0.2, 0) is 4.74 Å². The molecule has 0 saturated carbocycles. The highest BCUT2D eigenvalue weighted by atomic mass is 19.1. The molecule has 1 aromatic heterocycles. The lowest BCUT2D eigenvalue weighted by molar-refractivity contribution is 0.259. The smallest absolute Gasteiger partial charge is 0.219 e. The van der Waals surface area contributed by atoms with E-state index in [1.807, 2.05) is 24.3 Å². The van der Waals surface area contributed by atoms with E-state index in [1.54, 1.807) is 6.07 Å². The Kier molecular flexibility index (Phi) is 10.6. The highest BCUT2D eigenvalue weighted by Crippen LogP contribution is 2.30. The maximum Gasteiger partial charge on any atom is 0.219 e. The van der Waals surface area contributed by atoms with E-state index in [0.717, 1.165) is 37.0 Å². The summed E-state index contributed by atoms with van der Waals surface area (Å²) in [6.45, 7) is 4.92. The summed E-state index contributed by atoms with van der Waals surface area (Å²) in [6, 6.07) is 10.6. The largest absolute Gasteiger partial charge is 0.491 e. The number of alkyl halides is 1. The molecule has 3 rings (SSSR count). The molecule has 5 heteroatoms. The van der Waals surface area contributed by atoms with Gasteiger partial charge in [-0.05, 0) is 49.2 Å². The highest BCUT2D eigenvalue weighted by Gasteiger charge is 2.38. The SMILES string of the molecule is CCCCCCCCCC(F)c1ccc(-c2ccc(OC[C@H]3O[C@@H]3CCCC)cc2)nc1F. The van der Waals surface area contributed by atoms with Crippen LogP contribution in [0, 0.1) is 5.95 Å². The van der Waals surface area contributed by atoms with Crippen molar-refractivity contribution in [3.8, 4) is 17.0 Å². The van der Waals surface area contributed by atoms with Crippen molar-refractivity contribution in [1.29, 1.82) is 0 Å². The molecule has 0 N–H and O–H groups in total. The first-order valence-corrected chi connectivity index (χ1v) is 12.8. The second kappa shape index (κ2) is 13.6. The average Bonchev–Trinajstić information content (AvgIpc) is 3.59. The minimum absolute atomic E-state index is 0.0618. The summed E-state index contributed by atoms with van der Waals surface area (Å²) in [7, 11) is 0. The van der Waals surface area contributed by atoms with E-state index in [-0.39, 0.29) is 11.7 Å². The summed E-state index contributed by atoms with van der Waals surface area (Å²) in [5, 5.41) is 0. The van der Waals surface area contributed by atoms with Gasteiger partial charge in [-0.2, -0.15) is 4.39 Å².